The van der Waals surface area contributed by atoms with E-state index in [1.165, 1.54) is 0 Å². The molecule has 1 saturated heterocycles. The number of rotatable bonds is 3. The monoisotopic (exact) mass is 285 g/mol. The fourth-order valence-corrected chi connectivity index (χ4v) is 2.97. The number of aromatic nitrogens is 1. The molecule has 1 unspecified atom stereocenters. The smallest absolute Gasteiger partial charge is 0.125 e. The van der Waals surface area contributed by atoms with Crippen LogP contribution in [0.15, 0.2) is 24.4 Å². The van der Waals surface area contributed by atoms with Gasteiger partial charge in [-0.1, -0.05) is 0 Å². The number of likely N-dealkylation sites (tertiary alicyclic amines) is 1. The van der Waals surface area contributed by atoms with Crippen molar-refractivity contribution in [3.05, 3.63) is 30.0 Å². The van der Waals surface area contributed by atoms with Gasteiger partial charge in [-0.15, -0.1) is 0 Å². The molecule has 1 fully saturated rings. The number of aliphatic hydroxyl groups excluding tert-OH is 1. The number of nitriles is 1. The number of ether oxygens (including phenoxy) is 1. The SMILES string of the molecule is COc1ccc2[nH]cc(C(C#N)N3CCC(O)CC3)c2c1. The quantitative estimate of drug-likeness (QED) is 0.907. The van der Waals surface area contributed by atoms with Gasteiger partial charge in [0.2, 0.25) is 0 Å². The second kappa shape index (κ2) is 5.76. The first-order chi connectivity index (χ1) is 10.2. The van der Waals surface area contributed by atoms with Crippen LogP contribution in [-0.4, -0.2) is 41.3 Å². The van der Waals surface area contributed by atoms with E-state index in [-0.39, 0.29) is 12.1 Å². The van der Waals surface area contributed by atoms with Crippen molar-refractivity contribution in [3.63, 3.8) is 0 Å². The molecule has 1 aliphatic rings. The number of hydrogen-bond donors (Lipinski definition) is 2. The third kappa shape index (κ3) is 2.60. The van der Waals surface area contributed by atoms with Gasteiger partial charge in [0.25, 0.3) is 0 Å². The molecule has 3 rings (SSSR count). The predicted octanol–water partition coefficient (Wildman–Crippen LogP) is 2.20. The molecule has 1 aromatic heterocycles. The maximum Gasteiger partial charge on any atom is 0.125 e. The summed E-state index contributed by atoms with van der Waals surface area (Å²) in [6.45, 7) is 1.49. The van der Waals surface area contributed by atoms with E-state index in [1.54, 1.807) is 7.11 Å². The molecule has 1 aromatic carbocycles. The van der Waals surface area contributed by atoms with Gasteiger partial charge in [-0.25, -0.2) is 0 Å². The molecule has 0 saturated carbocycles. The van der Waals surface area contributed by atoms with Crippen molar-refractivity contribution in [1.82, 2.24) is 9.88 Å². The lowest BCUT2D eigenvalue weighted by Crippen LogP contribution is -2.38. The van der Waals surface area contributed by atoms with E-state index in [4.69, 9.17) is 4.74 Å². The summed E-state index contributed by atoms with van der Waals surface area (Å²) in [4.78, 5) is 5.35. The average molecular weight is 285 g/mol. The number of piperidine rings is 1. The van der Waals surface area contributed by atoms with E-state index < -0.39 is 0 Å². The number of methoxy groups -OCH3 is 1. The first-order valence-corrected chi connectivity index (χ1v) is 7.19. The fraction of sp³-hybridized carbons (Fsp3) is 0.438. The number of hydrogen-bond acceptors (Lipinski definition) is 4. The van der Waals surface area contributed by atoms with Gasteiger partial charge in [-0.2, -0.15) is 5.26 Å². The number of H-pyrrole nitrogens is 1. The lowest BCUT2D eigenvalue weighted by Gasteiger charge is -2.32. The summed E-state index contributed by atoms with van der Waals surface area (Å²) in [5.41, 5.74) is 1.98. The summed E-state index contributed by atoms with van der Waals surface area (Å²) in [6.07, 6.45) is 3.13. The standard InChI is InChI=1S/C16H19N3O2/c1-21-12-2-3-15-13(8-12)14(10-18-15)16(9-17)19-6-4-11(20)5-7-19/h2-3,8,10-11,16,18,20H,4-7H2,1H3. The predicted molar refractivity (Wildman–Crippen MR) is 80.0 cm³/mol. The minimum absolute atomic E-state index is 0.233. The summed E-state index contributed by atoms with van der Waals surface area (Å²) in [7, 11) is 1.64. The molecule has 2 heterocycles. The topological polar surface area (TPSA) is 72.3 Å². The average Bonchev–Trinajstić information content (AvgIpc) is 2.93. The van der Waals surface area contributed by atoms with Crippen LogP contribution in [0.3, 0.4) is 0 Å². The Morgan fingerprint density at radius 3 is 2.86 bits per heavy atom. The van der Waals surface area contributed by atoms with E-state index in [0.717, 1.165) is 48.1 Å². The third-order valence-electron chi connectivity index (χ3n) is 4.20. The Morgan fingerprint density at radius 1 is 1.43 bits per heavy atom. The molecule has 0 spiro atoms. The summed E-state index contributed by atoms with van der Waals surface area (Å²) in [5.74, 6) is 0.786. The molecule has 1 atom stereocenters. The molecular formula is C16H19N3O2. The first kappa shape index (κ1) is 13.9. The van der Waals surface area contributed by atoms with Crippen LogP contribution in [0.25, 0.3) is 10.9 Å². The van der Waals surface area contributed by atoms with Crippen LogP contribution in [0.1, 0.15) is 24.4 Å². The molecule has 0 radical (unpaired) electrons. The Hall–Kier alpha value is -2.03. The molecule has 21 heavy (non-hydrogen) atoms. The van der Waals surface area contributed by atoms with Gasteiger partial charge in [0.05, 0.1) is 19.3 Å². The van der Waals surface area contributed by atoms with Crippen molar-refractivity contribution in [2.45, 2.75) is 25.0 Å². The highest BCUT2D eigenvalue weighted by molar-refractivity contribution is 5.85. The largest absolute Gasteiger partial charge is 0.497 e. The number of benzene rings is 1. The van der Waals surface area contributed by atoms with Gasteiger partial charge in [-0.05, 0) is 31.0 Å². The molecular weight excluding hydrogens is 266 g/mol. The normalized spacial score (nSPS) is 18.5. The fourth-order valence-electron chi connectivity index (χ4n) is 2.97. The number of nitrogens with one attached hydrogen (secondary N) is 1. The van der Waals surface area contributed by atoms with Crippen LogP contribution >= 0.6 is 0 Å². The molecule has 0 amide bonds. The Kier molecular flexibility index (Phi) is 3.82. The lowest BCUT2D eigenvalue weighted by molar-refractivity contribution is 0.0719. The maximum absolute atomic E-state index is 9.62. The molecule has 5 nitrogen and oxygen atoms in total. The van der Waals surface area contributed by atoms with E-state index in [1.807, 2.05) is 24.4 Å². The summed E-state index contributed by atoms with van der Waals surface area (Å²) in [6, 6.07) is 7.94. The molecule has 2 N–H and O–H groups in total. The first-order valence-electron chi connectivity index (χ1n) is 7.19. The van der Waals surface area contributed by atoms with Crippen molar-refractivity contribution in [3.8, 4) is 11.8 Å². The van der Waals surface area contributed by atoms with Crippen LogP contribution in [0.5, 0.6) is 5.75 Å². The van der Waals surface area contributed by atoms with Gasteiger partial charge in [0, 0.05) is 35.8 Å². The zero-order chi connectivity index (χ0) is 14.8. The Bertz CT molecular complexity index is 666. The Balaban J connectivity index is 1.95. The van der Waals surface area contributed by atoms with E-state index >= 15 is 0 Å². The molecule has 0 bridgehead atoms. The van der Waals surface area contributed by atoms with Crippen LogP contribution in [-0.2, 0) is 0 Å². The minimum Gasteiger partial charge on any atom is -0.497 e. The molecule has 110 valence electrons. The van der Waals surface area contributed by atoms with Gasteiger partial charge in [-0.3, -0.25) is 4.90 Å². The van der Waals surface area contributed by atoms with Gasteiger partial charge in [0.15, 0.2) is 0 Å². The van der Waals surface area contributed by atoms with E-state index in [2.05, 4.69) is 16.0 Å². The summed E-state index contributed by atoms with van der Waals surface area (Å²) in [5, 5.41) is 20.2. The van der Waals surface area contributed by atoms with Crippen LogP contribution < -0.4 is 4.74 Å². The lowest BCUT2D eigenvalue weighted by atomic mass is 10.0. The Morgan fingerprint density at radius 2 is 2.19 bits per heavy atom. The molecule has 0 aliphatic carbocycles. The van der Waals surface area contributed by atoms with Gasteiger partial charge < -0.3 is 14.8 Å². The van der Waals surface area contributed by atoms with Crippen molar-refractivity contribution in [2.75, 3.05) is 20.2 Å². The zero-order valence-corrected chi connectivity index (χ0v) is 12.0. The second-order valence-corrected chi connectivity index (χ2v) is 5.45. The Labute approximate surface area is 123 Å². The minimum atomic E-state index is -0.293. The highest BCUT2D eigenvalue weighted by atomic mass is 16.5. The van der Waals surface area contributed by atoms with Crippen LogP contribution in [0.4, 0.5) is 0 Å². The number of fused-ring (bicyclic) bond motifs is 1. The summed E-state index contributed by atoms with van der Waals surface area (Å²) < 4.78 is 5.28. The highest BCUT2D eigenvalue weighted by Crippen LogP contribution is 2.31. The second-order valence-electron chi connectivity index (χ2n) is 5.45. The van der Waals surface area contributed by atoms with E-state index in [9.17, 15) is 10.4 Å². The third-order valence-corrected chi connectivity index (χ3v) is 4.20. The van der Waals surface area contributed by atoms with Crippen molar-refractivity contribution >= 4 is 10.9 Å². The van der Waals surface area contributed by atoms with Crippen molar-refractivity contribution in [2.24, 2.45) is 0 Å². The van der Waals surface area contributed by atoms with Gasteiger partial charge in [0.1, 0.15) is 11.8 Å². The molecule has 2 aromatic rings. The highest BCUT2D eigenvalue weighted by Gasteiger charge is 2.27. The summed E-state index contributed by atoms with van der Waals surface area (Å²) >= 11 is 0. The number of aromatic amines is 1. The van der Waals surface area contributed by atoms with Crippen molar-refractivity contribution < 1.29 is 9.84 Å². The number of aliphatic hydroxyl groups is 1. The van der Waals surface area contributed by atoms with E-state index in [0.29, 0.717) is 0 Å². The van der Waals surface area contributed by atoms with Gasteiger partial charge >= 0.3 is 0 Å². The van der Waals surface area contributed by atoms with Crippen LogP contribution in [0, 0.1) is 11.3 Å². The zero-order valence-electron chi connectivity index (χ0n) is 12.0. The molecule has 5 heteroatoms. The number of nitrogens with zero attached hydrogens (tertiary/aromatic N) is 2. The maximum atomic E-state index is 9.62. The molecule has 1 aliphatic heterocycles. The van der Waals surface area contributed by atoms with Crippen molar-refractivity contribution in [1.29, 1.82) is 5.26 Å². The van der Waals surface area contributed by atoms with Crippen LogP contribution in [0.2, 0.25) is 0 Å².